The maximum absolute atomic E-state index is 17.2. The van der Waals surface area contributed by atoms with E-state index < -0.39 is 23.6 Å². The van der Waals surface area contributed by atoms with Crippen molar-refractivity contribution in [3.63, 3.8) is 0 Å². The molecule has 4 aromatic carbocycles. The molecule has 418 valence electrons. The van der Waals surface area contributed by atoms with E-state index in [4.69, 9.17) is 61.8 Å². The summed E-state index contributed by atoms with van der Waals surface area (Å²) in [6.07, 6.45) is -0.319. The van der Waals surface area contributed by atoms with Gasteiger partial charge in [0.05, 0.1) is 70.0 Å². The van der Waals surface area contributed by atoms with Crippen LogP contribution in [0.25, 0.3) is 37.8 Å². The number of fused-ring (bicyclic) bond motifs is 5. The molecule has 1 saturated heterocycles. The monoisotopic (exact) mass is 1140 g/mol. The van der Waals surface area contributed by atoms with Gasteiger partial charge in [-0.3, -0.25) is 14.4 Å². The van der Waals surface area contributed by atoms with Crippen LogP contribution in [0.3, 0.4) is 0 Å². The third-order valence-corrected chi connectivity index (χ3v) is 15.3. The molecule has 1 fully saturated rings. The Hall–Kier alpha value is -6.52. The van der Waals surface area contributed by atoms with Crippen molar-refractivity contribution < 1.29 is 42.8 Å². The minimum Gasteiger partial charge on any atom is -0.508 e. The first-order valence-corrected chi connectivity index (χ1v) is 27.8. The number of amides is 2. The summed E-state index contributed by atoms with van der Waals surface area (Å²) in [6, 6.07) is 19.2. The van der Waals surface area contributed by atoms with Gasteiger partial charge >= 0.3 is 6.09 Å². The van der Waals surface area contributed by atoms with Crippen molar-refractivity contribution in [3.05, 3.63) is 116 Å². The molecule has 18 nitrogen and oxygen atoms in total. The lowest BCUT2D eigenvalue weighted by molar-refractivity contribution is -0.121. The number of aliphatic imine (C=N–C) groups is 1. The first kappa shape index (κ1) is 57.2. The van der Waals surface area contributed by atoms with Crippen LogP contribution in [-0.2, 0) is 28.5 Å². The second kappa shape index (κ2) is 25.3. The van der Waals surface area contributed by atoms with E-state index in [-0.39, 0.29) is 40.1 Å². The number of thiophene rings is 1. The van der Waals surface area contributed by atoms with Crippen LogP contribution in [0.1, 0.15) is 66.5 Å². The molecule has 5 heterocycles. The Morgan fingerprint density at radius 1 is 0.835 bits per heavy atom. The van der Waals surface area contributed by atoms with E-state index in [1.807, 2.05) is 92.7 Å². The van der Waals surface area contributed by atoms with Crippen LogP contribution in [0.5, 0.6) is 5.75 Å². The van der Waals surface area contributed by atoms with E-state index in [9.17, 15) is 14.7 Å². The lowest BCUT2D eigenvalue weighted by Gasteiger charge is -2.36. The number of benzene rings is 4. The maximum atomic E-state index is 17.2. The van der Waals surface area contributed by atoms with Gasteiger partial charge in [-0.25, -0.2) is 14.2 Å². The highest BCUT2D eigenvalue weighted by atomic mass is 35.5. The van der Waals surface area contributed by atoms with E-state index in [1.165, 1.54) is 10.9 Å². The third kappa shape index (κ3) is 13.4. The Bertz CT molecular complexity index is 3360. The summed E-state index contributed by atoms with van der Waals surface area (Å²) < 4.78 is 47.8. The molecule has 2 amide bonds. The lowest BCUT2D eigenvalue weighted by atomic mass is 9.96. The number of likely N-dealkylation sites (N-methyl/N-ethyl adjacent to an activating group) is 1. The van der Waals surface area contributed by atoms with Crippen LogP contribution in [0.2, 0.25) is 10.0 Å². The van der Waals surface area contributed by atoms with Crippen molar-refractivity contribution in [2.75, 3.05) is 109 Å². The van der Waals surface area contributed by atoms with E-state index in [1.54, 1.807) is 33.3 Å². The fourth-order valence-electron chi connectivity index (χ4n) is 9.46. The molecule has 0 spiro atoms. The minimum absolute atomic E-state index is 0.0247. The molecule has 7 aromatic rings. The third-order valence-electron chi connectivity index (χ3n) is 13.5. The molecule has 1 atom stereocenters. The Kier molecular flexibility index (Phi) is 18.3. The number of halogens is 3. The maximum Gasteiger partial charge on any atom is 0.410 e. The second-order valence-electron chi connectivity index (χ2n) is 20.3. The van der Waals surface area contributed by atoms with Crippen molar-refractivity contribution in [2.24, 2.45) is 4.99 Å². The number of aromatic nitrogens is 5. The van der Waals surface area contributed by atoms with Crippen molar-refractivity contribution in [1.82, 2.24) is 34.9 Å². The van der Waals surface area contributed by atoms with Gasteiger partial charge in [0.15, 0.2) is 11.6 Å². The van der Waals surface area contributed by atoms with Crippen LogP contribution < -0.4 is 15.1 Å². The first-order chi connectivity index (χ1) is 37.9. The average molecular weight is 1140 g/mol. The van der Waals surface area contributed by atoms with Crippen molar-refractivity contribution in [1.29, 1.82) is 0 Å². The van der Waals surface area contributed by atoms with Crippen LogP contribution in [0, 0.1) is 26.6 Å². The number of phenols is 1. The fourth-order valence-corrected chi connectivity index (χ4v) is 11.1. The topological polar surface area (TPSA) is 191 Å². The minimum atomic E-state index is -0.649. The zero-order chi connectivity index (χ0) is 56.0. The van der Waals surface area contributed by atoms with Gasteiger partial charge in [0, 0.05) is 78.3 Å². The quantitative estimate of drug-likeness (QED) is 0.0647. The largest absolute Gasteiger partial charge is 0.508 e. The van der Waals surface area contributed by atoms with Crippen LogP contribution >= 0.6 is 34.5 Å². The number of nitrogens with one attached hydrogen (secondary N) is 1. The van der Waals surface area contributed by atoms with E-state index >= 15 is 4.39 Å². The lowest BCUT2D eigenvalue weighted by Crippen LogP contribution is -2.50. The summed E-state index contributed by atoms with van der Waals surface area (Å²) in [5.74, 6) is 1.23. The molecule has 79 heavy (non-hydrogen) atoms. The molecule has 9 rings (SSSR count). The molecule has 2 aliphatic heterocycles. The molecular formula is C57H65Cl2FN10O8S. The standard InChI is InChI=1S/C57H65Cl2FN10O8S/c1-34-35(2)79-54-47(34)50(37-12-14-39(58)15-13-37)62-45(53-66-65-36(3)70(53)54)33-46(72)61-16-22-74-24-26-76-28-29-77-27-25-75-23-21-67(7)55-63-51-43(52(64-55)68-17-19-69(20-18-68)56(73)78-57(4,5)6)32-44(59)48(49(51)60)42-31-40(71)30-38-10-8-9-11-41(38)42/h8-15,30-32,45,71H,16-29,33H2,1-7H3,(H,61,72)/t45-/m0/s1. The molecule has 0 aliphatic carbocycles. The van der Waals surface area contributed by atoms with Crippen molar-refractivity contribution in [2.45, 2.75) is 59.6 Å². The molecule has 2 aliphatic rings. The Morgan fingerprint density at radius 3 is 2.20 bits per heavy atom. The van der Waals surface area contributed by atoms with E-state index in [0.29, 0.717) is 120 Å². The average Bonchev–Trinajstić information content (AvgIpc) is 4.14. The van der Waals surface area contributed by atoms with Gasteiger partial charge in [-0.2, -0.15) is 4.98 Å². The number of carbonyl (C=O) groups excluding carboxylic acids is 2. The van der Waals surface area contributed by atoms with Crippen LogP contribution in [0.15, 0.2) is 71.7 Å². The summed E-state index contributed by atoms with van der Waals surface area (Å²) in [4.78, 5) is 47.8. The van der Waals surface area contributed by atoms with Gasteiger partial charge in [0.2, 0.25) is 11.9 Å². The highest BCUT2D eigenvalue weighted by molar-refractivity contribution is 7.15. The Labute approximate surface area is 472 Å². The number of aryl methyl sites for hydroxylation is 2. The van der Waals surface area contributed by atoms with Gasteiger partial charge in [0.25, 0.3) is 0 Å². The number of hydrogen-bond donors (Lipinski definition) is 2. The van der Waals surface area contributed by atoms with Crippen LogP contribution in [0.4, 0.5) is 21.0 Å². The number of hydrogen-bond acceptors (Lipinski definition) is 16. The molecule has 0 bridgehead atoms. The zero-order valence-corrected chi connectivity index (χ0v) is 47.7. The molecule has 0 saturated carbocycles. The second-order valence-corrected chi connectivity index (χ2v) is 22.3. The molecule has 2 N–H and O–H groups in total. The molecule has 0 unspecified atom stereocenters. The number of phenolic OH excluding ortho intramolecular Hbond substituents is 1. The number of ether oxygens (including phenoxy) is 5. The van der Waals surface area contributed by atoms with Gasteiger partial charge < -0.3 is 48.8 Å². The number of aromatic hydroxyl groups is 1. The number of piperazine rings is 1. The van der Waals surface area contributed by atoms with Gasteiger partial charge in [-0.1, -0.05) is 59.6 Å². The molecule has 3 aromatic heterocycles. The SMILES string of the molecule is Cc1sc2c(c1C)C(c1ccc(Cl)cc1)=N[C@@H](CC(=O)NCCOCCOCCOCCOCCN(C)c1nc(N3CCN(C(=O)OC(C)(C)C)CC3)c3cc(Cl)c(-c4cc(O)cc5ccccc45)c(F)c3n1)c1nnc(C)n1-2. The van der Waals surface area contributed by atoms with Gasteiger partial charge in [0.1, 0.15) is 39.6 Å². The number of anilines is 2. The first-order valence-electron chi connectivity index (χ1n) is 26.3. The number of rotatable bonds is 21. The number of carbonyl (C=O) groups is 2. The van der Waals surface area contributed by atoms with Gasteiger partial charge in [-0.15, -0.1) is 21.5 Å². The smallest absolute Gasteiger partial charge is 0.410 e. The van der Waals surface area contributed by atoms with E-state index in [0.717, 1.165) is 44.0 Å². The fraction of sp³-hybridized carbons (Fsp3) is 0.421. The zero-order valence-electron chi connectivity index (χ0n) is 45.4. The Morgan fingerprint density at radius 2 is 1.51 bits per heavy atom. The normalized spacial score (nSPS) is 14.6. The Balaban J connectivity index is 0.715. The summed E-state index contributed by atoms with van der Waals surface area (Å²) in [7, 11) is 1.81. The summed E-state index contributed by atoms with van der Waals surface area (Å²) in [5, 5.41) is 26.1. The van der Waals surface area contributed by atoms with Gasteiger partial charge in [-0.05, 0) is 93.8 Å². The van der Waals surface area contributed by atoms with Crippen LogP contribution in [-0.4, -0.2) is 157 Å². The van der Waals surface area contributed by atoms with Crippen molar-refractivity contribution in [3.8, 4) is 21.9 Å². The highest BCUT2D eigenvalue weighted by Crippen LogP contribution is 2.43. The summed E-state index contributed by atoms with van der Waals surface area (Å²) >= 11 is 14.9. The molecule has 0 radical (unpaired) electrons. The summed E-state index contributed by atoms with van der Waals surface area (Å²) in [6.45, 7) is 16.5. The number of nitrogens with zero attached hydrogens (tertiary/aromatic N) is 9. The van der Waals surface area contributed by atoms with Crippen molar-refractivity contribution >= 4 is 85.7 Å². The molecule has 22 heteroatoms. The highest BCUT2D eigenvalue weighted by Gasteiger charge is 2.33. The van der Waals surface area contributed by atoms with E-state index in [2.05, 4.69) is 29.4 Å². The summed E-state index contributed by atoms with van der Waals surface area (Å²) in [5.41, 5.74) is 3.79. The predicted molar refractivity (Wildman–Crippen MR) is 307 cm³/mol. The molecular weight excluding hydrogens is 1070 g/mol. The predicted octanol–water partition coefficient (Wildman–Crippen LogP) is 9.83.